The van der Waals surface area contributed by atoms with Crippen LogP contribution in [0, 0.1) is 12.7 Å². The molecule has 1 aromatic heterocycles. The molecule has 0 bridgehead atoms. The molecule has 0 aliphatic carbocycles. The van der Waals surface area contributed by atoms with Gasteiger partial charge in [-0.25, -0.2) is 18.2 Å². The lowest BCUT2D eigenvalue weighted by atomic mass is 9.97. The monoisotopic (exact) mass is 503 g/mol. The lowest BCUT2D eigenvalue weighted by Crippen LogP contribution is -2.40. The molecule has 0 spiro atoms. The fourth-order valence-corrected chi connectivity index (χ4v) is 5.07. The topological polar surface area (TPSA) is 38.1 Å². The Labute approximate surface area is 214 Å². The highest BCUT2D eigenvalue weighted by Gasteiger charge is 2.29. The van der Waals surface area contributed by atoms with Gasteiger partial charge >= 0.3 is 0 Å². The first kappa shape index (κ1) is 25.0. The molecule has 1 aliphatic heterocycles. The van der Waals surface area contributed by atoms with Crippen LogP contribution in [0.15, 0.2) is 83.7 Å². The Bertz CT molecular complexity index is 1420. The molecule has 7 heteroatoms. The molecule has 0 fully saturated rings. The molecule has 1 aliphatic rings. The number of benzene rings is 3. The van der Waals surface area contributed by atoms with Crippen molar-refractivity contribution in [1.82, 2.24) is 14.5 Å². The molecule has 0 unspecified atom stereocenters. The van der Waals surface area contributed by atoms with Crippen molar-refractivity contribution >= 4 is 0 Å². The van der Waals surface area contributed by atoms with Gasteiger partial charge in [0, 0.05) is 44.1 Å². The zero-order chi connectivity index (χ0) is 26.2. The molecule has 4 aromatic rings. The van der Waals surface area contributed by atoms with Gasteiger partial charge in [-0.3, -0.25) is 14.3 Å². The Balaban J connectivity index is 1.53. The first-order valence-electron chi connectivity index (χ1n) is 12.3. The highest BCUT2D eigenvalue weighted by Crippen LogP contribution is 2.30. The molecule has 3 aromatic carbocycles. The fourth-order valence-electron chi connectivity index (χ4n) is 5.07. The Kier molecular flexibility index (Phi) is 6.73. The largest absolute Gasteiger partial charge is 0.294 e. The van der Waals surface area contributed by atoms with Crippen molar-refractivity contribution in [2.24, 2.45) is 0 Å². The normalized spacial score (nSPS) is 14.1. The molecule has 0 radical (unpaired) electrons. The van der Waals surface area contributed by atoms with E-state index in [0.29, 0.717) is 24.4 Å². The van der Waals surface area contributed by atoms with Gasteiger partial charge in [-0.15, -0.1) is 0 Å². The van der Waals surface area contributed by atoms with Crippen LogP contribution in [0.25, 0.3) is 0 Å². The minimum absolute atomic E-state index is 0.128. The molecular weight excluding hydrogens is 475 g/mol. The minimum atomic E-state index is -3.06. The van der Waals surface area contributed by atoms with Crippen LogP contribution in [0.5, 0.6) is 0 Å². The Morgan fingerprint density at radius 1 is 0.973 bits per heavy atom. The number of hydrogen-bond donors (Lipinski definition) is 0. The average molecular weight is 504 g/mol. The van der Waals surface area contributed by atoms with Crippen LogP contribution in [0.3, 0.4) is 0 Å². The fraction of sp³-hybridized carbons (Fsp3) is 0.267. The number of nitrogens with zero attached hydrogens (tertiary/aromatic N) is 3. The third-order valence-electron chi connectivity index (χ3n) is 6.95. The predicted molar refractivity (Wildman–Crippen MR) is 137 cm³/mol. The van der Waals surface area contributed by atoms with Crippen molar-refractivity contribution in [2.45, 2.75) is 45.3 Å². The van der Waals surface area contributed by atoms with Gasteiger partial charge in [0.05, 0.1) is 17.3 Å². The van der Waals surface area contributed by atoms with Gasteiger partial charge < -0.3 is 0 Å². The summed E-state index contributed by atoms with van der Waals surface area (Å²) >= 11 is 0. The van der Waals surface area contributed by atoms with Crippen molar-refractivity contribution in [3.05, 3.63) is 134 Å². The van der Waals surface area contributed by atoms with Crippen LogP contribution in [-0.4, -0.2) is 21.0 Å². The summed E-state index contributed by atoms with van der Waals surface area (Å²) in [4.78, 5) is 20.7. The molecule has 0 saturated carbocycles. The molecule has 4 nitrogen and oxygen atoms in total. The van der Waals surface area contributed by atoms with E-state index in [0.717, 1.165) is 35.9 Å². The van der Waals surface area contributed by atoms with Gasteiger partial charge in [-0.05, 0) is 30.2 Å². The molecule has 0 N–H and O–H groups in total. The van der Waals surface area contributed by atoms with Crippen LogP contribution in [0.1, 0.15) is 52.3 Å². The maximum absolute atomic E-state index is 14.5. The lowest BCUT2D eigenvalue weighted by Gasteiger charge is -2.30. The zero-order valence-corrected chi connectivity index (χ0v) is 20.8. The van der Waals surface area contributed by atoms with E-state index in [9.17, 15) is 18.0 Å². The number of aryl methyl sites for hydroxylation is 1. The molecule has 190 valence electrons. The Morgan fingerprint density at radius 2 is 1.59 bits per heavy atom. The lowest BCUT2D eigenvalue weighted by molar-refractivity contribution is 0.0172. The molecule has 5 rings (SSSR count). The maximum atomic E-state index is 14.5. The number of alkyl halides is 2. The highest BCUT2D eigenvalue weighted by molar-refractivity contribution is 5.35. The zero-order valence-electron chi connectivity index (χ0n) is 20.8. The van der Waals surface area contributed by atoms with E-state index < -0.39 is 11.7 Å². The molecule has 2 heterocycles. The highest BCUT2D eigenvalue weighted by atomic mass is 19.3. The van der Waals surface area contributed by atoms with Crippen LogP contribution in [0.2, 0.25) is 0 Å². The SMILES string of the molecule is Cc1nc2c(c(=O)n1C(c1ccccc1)c1ccccc1)CN(Cc1cc(C(C)(F)F)ccc1F)CC2. The molecule has 0 saturated heterocycles. The van der Waals surface area contributed by atoms with Gasteiger partial charge in [0.2, 0.25) is 0 Å². The summed E-state index contributed by atoms with van der Waals surface area (Å²) in [6, 6.07) is 22.7. The van der Waals surface area contributed by atoms with E-state index in [1.54, 1.807) is 4.57 Å². The van der Waals surface area contributed by atoms with Crippen molar-refractivity contribution in [1.29, 1.82) is 0 Å². The van der Waals surface area contributed by atoms with E-state index in [1.165, 1.54) is 6.07 Å². The second-order valence-electron chi connectivity index (χ2n) is 9.64. The molecule has 0 amide bonds. The van der Waals surface area contributed by atoms with Crippen molar-refractivity contribution in [2.75, 3.05) is 6.54 Å². The Hall–Kier alpha value is -3.71. The predicted octanol–water partition coefficient (Wildman–Crippen LogP) is 6.00. The minimum Gasteiger partial charge on any atom is -0.294 e. The molecule has 37 heavy (non-hydrogen) atoms. The smallest absolute Gasteiger partial charge is 0.270 e. The van der Waals surface area contributed by atoms with Crippen LogP contribution in [0.4, 0.5) is 13.2 Å². The second-order valence-corrected chi connectivity index (χ2v) is 9.64. The van der Waals surface area contributed by atoms with Crippen LogP contribution >= 0.6 is 0 Å². The average Bonchev–Trinajstić information content (AvgIpc) is 2.88. The molecule has 0 atom stereocenters. The van der Waals surface area contributed by atoms with Gasteiger partial charge in [0.25, 0.3) is 11.5 Å². The summed E-state index contributed by atoms with van der Waals surface area (Å²) in [6.45, 7) is 3.59. The summed E-state index contributed by atoms with van der Waals surface area (Å²) in [6.07, 6.45) is 0.527. The van der Waals surface area contributed by atoms with Gasteiger partial charge in [0.15, 0.2) is 0 Å². The standard InChI is InChI=1S/C30H28F3N3O/c1-20-34-27-15-16-35(18-23-17-24(30(2,32)33)13-14-26(23)31)19-25(27)29(37)36(20)28(21-9-5-3-6-10-21)22-11-7-4-8-12-22/h3-14,17,28H,15-16,18-19H2,1-2H3. The Morgan fingerprint density at radius 3 is 2.19 bits per heavy atom. The van der Waals surface area contributed by atoms with Crippen LogP contribution in [-0.2, 0) is 25.4 Å². The number of fused-ring (bicyclic) bond motifs is 1. The number of halogens is 3. The van der Waals surface area contributed by atoms with Gasteiger partial charge in [0.1, 0.15) is 11.6 Å². The maximum Gasteiger partial charge on any atom is 0.270 e. The van der Waals surface area contributed by atoms with E-state index in [2.05, 4.69) is 0 Å². The summed E-state index contributed by atoms with van der Waals surface area (Å²) in [5, 5.41) is 0. The summed E-state index contributed by atoms with van der Waals surface area (Å²) in [5.74, 6) is -2.97. The number of rotatable bonds is 6. The third-order valence-corrected chi connectivity index (χ3v) is 6.95. The van der Waals surface area contributed by atoms with Gasteiger partial charge in [-0.2, -0.15) is 0 Å². The third kappa shape index (κ3) is 5.09. The second kappa shape index (κ2) is 9.98. The van der Waals surface area contributed by atoms with E-state index in [4.69, 9.17) is 4.98 Å². The van der Waals surface area contributed by atoms with E-state index in [-0.39, 0.29) is 35.8 Å². The van der Waals surface area contributed by atoms with Crippen LogP contribution < -0.4 is 5.56 Å². The van der Waals surface area contributed by atoms with Crippen molar-refractivity contribution < 1.29 is 13.2 Å². The van der Waals surface area contributed by atoms with Gasteiger partial charge in [-0.1, -0.05) is 66.7 Å². The first-order valence-corrected chi connectivity index (χ1v) is 12.3. The van der Waals surface area contributed by atoms with Crippen molar-refractivity contribution in [3.63, 3.8) is 0 Å². The first-order chi connectivity index (χ1) is 17.7. The van der Waals surface area contributed by atoms with E-state index in [1.807, 2.05) is 72.5 Å². The quantitative estimate of drug-likeness (QED) is 0.324. The summed E-state index contributed by atoms with van der Waals surface area (Å²) in [5.41, 5.74) is 3.05. The summed E-state index contributed by atoms with van der Waals surface area (Å²) in [7, 11) is 0. The number of hydrogen-bond acceptors (Lipinski definition) is 3. The number of aromatic nitrogens is 2. The van der Waals surface area contributed by atoms with E-state index >= 15 is 0 Å². The molecular formula is C30H28F3N3O. The summed E-state index contributed by atoms with van der Waals surface area (Å²) < 4.78 is 44.0. The van der Waals surface area contributed by atoms with Crippen molar-refractivity contribution in [3.8, 4) is 0 Å².